The van der Waals surface area contributed by atoms with Gasteiger partial charge >= 0.3 is 0 Å². The summed E-state index contributed by atoms with van der Waals surface area (Å²) in [5.41, 5.74) is 9.16. The molecule has 0 unspecified atom stereocenters. The number of anilines is 2. The van der Waals surface area contributed by atoms with E-state index < -0.39 is 0 Å². The van der Waals surface area contributed by atoms with E-state index in [-0.39, 0.29) is 0 Å². The number of piperazine rings is 1. The van der Waals surface area contributed by atoms with Gasteiger partial charge in [0, 0.05) is 43.3 Å². The fourth-order valence-electron chi connectivity index (χ4n) is 4.42. The summed E-state index contributed by atoms with van der Waals surface area (Å²) in [4.78, 5) is 14.1. The summed E-state index contributed by atoms with van der Waals surface area (Å²) in [6, 6.07) is 6.06. The first kappa shape index (κ1) is 21.7. The molecule has 5 heterocycles. The topological polar surface area (TPSA) is 122 Å². The SMILES string of the molecule is Cc1nnc(-c2cnc(N)c3c(Oc4c(C)ccc5[nH]ncc45)nc(N4CCN(C)CC4)cc23)s1. The monoisotopic (exact) mass is 487 g/mol. The molecule has 1 aliphatic rings. The highest BCUT2D eigenvalue weighted by Crippen LogP contribution is 2.41. The quantitative estimate of drug-likeness (QED) is 0.390. The average molecular weight is 488 g/mol. The van der Waals surface area contributed by atoms with Crippen LogP contribution in [0.5, 0.6) is 11.6 Å². The minimum Gasteiger partial charge on any atom is -0.437 e. The molecule has 0 aliphatic carbocycles. The zero-order valence-electron chi connectivity index (χ0n) is 19.7. The highest BCUT2D eigenvalue weighted by atomic mass is 32.1. The van der Waals surface area contributed by atoms with E-state index in [0.29, 0.717) is 22.8 Å². The lowest BCUT2D eigenvalue weighted by Gasteiger charge is -2.33. The molecular formula is C24H25N9OS. The number of nitrogens with zero attached hydrogens (tertiary/aromatic N) is 7. The number of aryl methyl sites for hydroxylation is 2. The van der Waals surface area contributed by atoms with Gasteiger partial charge in [0.05, 0.1) is 22.5 Å². The molecule has 1 aromatic carbocycles. The predicted molar refractivity (Wildman–Crippen MR) is 138 cm³/mol. The van der Waals surface area contributed by atoms with Crippen LogP contribution >= 0.6 is 11.3 Å². The fourth-order valence-corrected chi connectivity index (χ4v) is 5.13. The molecule has 0 radical (unpaired) electrons. The molecule has 0 atom stereocenters. The zero-order chi connectivity index (χ0) is 24.1. The standard InChI is InChI=1S/C24H25N9OS/c1-13-4-5-18-17(12-27-30-18)21(13)34-23-20-15(10-19(28-23)33-8-6-32(3)7-9-33)16(11-26-22(20)25)24-31-29-14(2)35-24/h4-5,10-12H,6-9H2,1-3H3,(H2,25,26)(H,27,30). The van der Waals surface area contributed by atoms with E-state index in [0.717, 1.165) is 69.4 Å². The molecule has 10 nitrogen and oxygen atoms in total. The van der Waals surface area contributed by atoms with Gasteiger partial charge in [0.2, 0.25) is 5.88 Å². The molecule has 178 valence electrons. The first-order chi connectivity index (χ1) is 17.0. The van der Waals surface area contributed by atoms with Crippen LogP contribution in [0, 0.1) is 13.8 Å². The number of nitrogens with one attached hydrogen (secondary N) is 1. The minimum atomic E-state index is 0.356. The highest BCUT2D eigenvalue weighted by Gasteiger charge is 2.23. The number of ether oxygens (including phenoxy) is 1. The van der Waals surface area contributed by atoms with Gasteiger partial charge in [0.25, 0.3) is 0 Å². The molecule has 1 saturated heterocycles. The second kappa shape index (κ2) is 8.43. The Balaban J connectivity index is 1.58. The predicted octanol–water partition coefficient (Wildman–Crippen LogP) is 3.77. The van der Waals surface area contributed by atoms with Crippen molar-refractivity contribution in [2.45, 2.75) is 13.8 Å². The number of benzene rings is 1. The minimum absolute atomic E-state index is 0.356. The van der Waals surface area contributed by atoms with Gasteiger partial charge in [-0.25, -0.2) is 4.98 Å². The van der Waals surface area contributed by atoms with Crippen molar-refractivity contribution in [3.63, 3.8) is 0 Å². The lowest BCUT2D eigenvalue weighted by atomic mass is 10.1. The molecule has 5 aromatic rings. The normalized spacial score (nSPS) is 14.8. The number of nitrogen functional groups attached to an aromatic ring is 1. The van der Waals surface area contributed by atoms with E-state index in [1.807, 2.05) is 26.0 Å². The molecular weight excluding hydrogens is 462 g/mol. The van der Waals surface area contributed by atoms with Gasteiger partial charge in [-0.05, 0) is 38.6 Å². The number of H-pyrrole nitrogens is 1. The number of hydrogen-bond acceptors (Lipinski definition) is 10. The summed E-state index contributed by atoms with van der Waals surface area (Å²) in [6.07, 6.45) is 3.53. The Morgan fingerprint density at radius 3 is 2.66 bits per heavy atom. The van der Waals surface area contributed by atoms with Crippen molar-refractivity contribution in [3.05, 3.63) is 41.2 Å². The van der Waals surface area contributed by atoms with Crippen LogP contribution in [0.3, 0.4) is 0 Å². The molecule has 6 rings (SSSR count). The molecule has 3 N–H and O–H groups in total. The summed E-state index contributed by atoms with van der Waals surface area (Å²) in [5.74, 6) is 2.30. The number of pyridine rings is 2. The van der Waals surface area contributed by atoms with Crippen LogP contribution in [0.4, 0.5) is 11.6 Å². The largest absolute Gasteiger partial charge is 0.437 e. The Morgan fingerprint density at radius 1 is 1.06 bits per heavy atom. The van der Waals surface area contributed by atoms with Gasteiger partial charge in [0.1, 0.15) is 27.4 Å². The van der Waals surface area contributed by atoms with Crippen molar-refractivity contribution in [2.24, 2.45) is 0 Å². The molecule has 0 saturated carbocycles. The van der Waals surface area contributed by atoms with Crippen molar-refractivity contribution in [3.8, 4) is 22.2 Å². The molecule has 0 spiro atoms. The van der Waals surface area contributed by atoms with Crippen LogP contribution in [-0.4, -0.2) is 68.5 Å². The smallest absolute Gasteiger partial charge is 0.232 e. The maximum Gasteiger partial charge on any atom is 0.232 e. The van der Waals surface area contributed by atoms with Crippen LogP contribution in [0.15, 0.2) is 30.6 Å². The fraction of sp³-hybridized carbons (Fsp3) is 0.292. The average Bonchev–Trinajstić information content (AvgIpc) is 3.50. The number of nitrogens with two attached hydrogens (primary N) is 1. The number of rotatable bonds is 4. The number of hydrogen-bond donors (Lipinski definition) is 2. The van der Waals surface area contributed by atoms with Crippen molar-refractivity contribution in [1.82, 2.24) is 35.3 Å². The van der Waals surface area contributed by atoms with Gasteiger partial charge in [-0.15, -0.1) is 10.2 Å². The van der Waals surface area contributed by atoms with Crippen LogP contribution in [0.25, 0.3) is 32.2 Å². The Kier molecular flexibility index (Phi) is 5.23. The van der Waals surface area contributed by atoms with Gasteiger partial charge in [-0.3, -0.25) is 5.10 Å². The molecule has 35 heavy (non-hydrogen) atoms. The van der Waals surface area contributed by atoms with E-state index in [1.165, 1.54) is 11.3 Å². The van der Waals surface area contributed by atoms with Crippen molar-refractivity contribution >= 4 is 44.6 Å². The molecule has 1 fully saturated rings. The maximum atomic E-state index is 6.56. The first-order valence-electron chi connectivity index (χ1n) is 11.4. The van der Waals surface area contributed by atoms with Gasteiger partial charge in [0.15, 0.2) is 0 Å². The summed E-state index contributed by atoms with van der Waals surface area (Å²) in [6.45, 7) is 7.62. The van der Waals surface area contributed by atoms with Crippen LogP contribution < -0.4 is 15.4 Å². The number of aromatic amines is 1. The third-order valence-corrected chi connectivity index (χ3v) is 7.28. The summed E-state index contributed by atoms with van der Waals surface area (Å²) in [7, 11) is 2.14. The Morgan fingerprint density at radius 2 is 1.89 bits per heavy atom. The number of aromatic nitrogens is 6. The molecule has 4 aromatic heterocycles. The van der Waals surface area contributed by atoms with E-state index in [2.05, 4.69) is 48.3 Å². The van der Waals surface area contributed by atoms with Crippen LogP contribution in [-0.2, 0) is 0 Å². The molecule has 0 bridgehead atoms. The number of fused-ring (bicyclic) bond motifs is 2. The summed E-state index contributed by atoms with van der Waals surface area (Å²) >= 11 is 1.52. The summed E-state index contributed by atoms with van der Waals surface area (Å²) < 4.78 is 6.56. The zero-order valence-corrected chi connectivity index (χ0v) is 20.6. The van der Waals surface area contributed by atoms with Gasteiger partial charge < -0.3 is 20.3 Å². The Bertz CT molecular complexity index is 1550. The molecule has 0 amide bonds. The van der Waals surface area contributed by atoms with Crippen molar-refractivity contribution < 1.29 is 4.74 Å². The van der Waals surface area contributed by atoms with Gasteiger partial charge in [-0.1, -0.05) is 17.4 Å². The molecule has 1 aliphatic heterocycles. The maximum absolute atomic E-state index is 6.56. The van der Waals surface area contributed by atoms with E-state index in [1.54, 1.807) is 12.4 Å². The van der Waals surface area contributed by atoms with Crippen molar-refractivity contribution in [2.75, 3.05) is 43.9 Å². The van der Waals surface area contributed by atoms with Gasteiger partial charge in [-0.2, -0.15) is 10.1 Å². The third kappa shape index (κ3) is 3.82. The first-order valence-corrected chi connectivity index (χ1v) is 12.2. The van der Waals surface area contributed by atoms with Crippen LogP contribution in [0.1, 0.15) is 10.6 Å². The van der Waals surface area contributed by atoms with E-state index in [9.17, 15) is 0 Å². The van der Waals surface area contributed by atoms with Crippen molar-refractivity contribution in [1.29, 1.82) is 0 Å². The lowest BCUT2D eigenvalue weighted by Crippen LogP contribution is -2.44. The second-order valence-electron chi connectivity index (χ2n) is 8.83. The summed E-state index contributed by atoms with van der Waals surface area (Å²) in [5, 5.41) is 19.9. The van der Waals surface area contributed by atoms with E-state index >= 15 is 0 Å². The Labute approximate surface area is 205 Å². The second-order valence-corrected chi connectivity index (χ2v) is 10.0. The number of likely N-dealkylation sites (N-methyl/N-ethyl adjacent to an activating group) is 1. The van der Waals surface area contributed by atoms with E-state index in [4.69, 9.17) is 15.5 Å². The molecule has 11 heteroatoms. The highest BCUT2D eigenvalue weighted by molar-refractivity contribution is 7.14. The van der Waals surface area contributed by atoms with Crippen LogP contribution in [0.2, 0.25) is 0 Å². The third-order valence-electron chi connectivity index (χ3n) is 6.41. The lowest BCUT2D eigenvalue weighted by molar-refractivity contribution is 0.312. The Hall–Kier alpha value is -3.83.